The number of nitrogens with one attached hydrogen (secondary N) is 3. The minimum atomic E-state index is -0.322. The highest BCUT2D eigenvalue weighted by Gasteiger charge is 2.13. The molecule has 7 nitrogen and oxygen atoms in total. The fourth-order valence-corrected chi connectivity index (χ4v) is 3.39. The summed E-state index contributed by atoms with van der Waals surface area (Å²) in [6, 6.07) is 11.5. The summed E-state index contributed by atoms with van der Waals surface area (Å²) in [5.41, 5.74) is 7.95. The van der Waals surface area contributed by atoms with Crippen molar-refractivity contribution in [2.24, 2.45) is 0 Å². The third kappa shape index (κ3) is 5.56. The molecule has 0 fully saturated rings. The molecule has 2 aromatic rings. The third-order valence-electron chi connectivity index (χ3n) is 4.05. The van der Waals surface area contributed by atoms with Gasteiger partial charge in [0.25, 0.3) is 5.91 Å². The van der Waals surface area contributed by atoms with E-state index in [4.69, 9.17) is 9.47 Å². The molecule has 0 atom stereocenters. The maximum Gasteiger partial charge on any atom is 0.257 e. The van der Waals surface area contributed by atoms with Crippen LogP contribution in [-0.4, -0.2) is 37.3 Å². The topological polar surface area (TPSA) is 88.7 Å². The van der Waals surface area contributed by atoms with Crippen molar-refractivity contribution in [3.8, 4) is 11.5 Å². The van der Waals surface area contributed by atoms with Crippen LogP contribution in [0.4, 0.5) is 5.69 Å². The zero-order valence-corrected chi connectivity index (χ0v) is 16.7. The van der Waals surface area contributed by atoms with Crippen LogP contribution in [0.5, 0.6) is 11.5 Å². The number of hydrazine groups is 1. The van der Waals surface area contributed by atoms with E-state index in [0.29, 0.717) is 24.7 Å². The highest BCUT2D eigenvalue weighted by molar-refractivity contribution is 8.00. The molecule has 0 spiro atoms. The molecule has 3 rings (SSSR count). The zero-order valence-electron chi connectivity index (χ0n) is 15.8. The molecule has 0 saturated carbocycles. The molecule has 2 aromatic carbocycles. The first-order chi connectivity index (χ1) is 13.5. The number of fused-ring (bicyclic) bond motifs is 1. The second-order valence-electron chi connectivity index (χ2n) is 6.36. The van der Waals surface area contributed by atoms with Gasteiger partial charge in [0.15, 0.2) is 11.5 Å². The Balaban J connectivity index is 1.38. The van der Waals surface area contributed by atoms with Crippen molar-refractivity contribution in [3.05, 3.63) is 47.5 Å². The maximum absolute atomic E-state index is 12.0. The summed E-state index contributed by atoms with van der Waals surface area (Å²) in [5.74, 6) is 0.952. The van der Waals surface area contributed by atoms with Crippen molar-refractivity contribution in [2.45, 2.75) is 18.7 Å². The number of hydrogen-bond acceptors (Lipinski definition) is 6. The molecule has 1 aliphatic heterocycles. The quantitative estimate of drug-likeness (QED) is 0.509. The molecule has 1 heterocycles. The summed E-state index contributed by atoms with van der Waals surface area (Å²) in [6.45, 7) is 5.12. The zero-order chi connectivity index (χ0) is 19.9. The van der Waals surface area contributed by atoms with E-state index >= 15 is 0 Å². The van der Waals surface area contributed by atoms with E-state index in [2.05, 4.69) is 16.2 Å². The van der Waals surface area contributed by atoms with Crippen molar-refractivity contribution >= 4 is 29.3 Å². The van der Waals surface area contributed by atoms with E-state index in [0.717, 1.165) is 21.7 Å². The average Bonchev–Trinajstić information content (AvgIpc) is 2.70. The van der Waals surface area contributed by atoms with Crippen LogP contribution in [0.2, 0.25) is 0 Å². The van der Waals surface area contributed by atoms with Crippen LogP contribution in [0.25, 0.3) is 0 Å². The fourth-order valence-electron chi connectivity index (χ4n) is 2.67. The van der Waals surface area contributed by atoms with Crippen molar-refractivity contribution < 1.29 is 19.1 Å². The lowest BCUT2D eigenvalue weighted by molar-refractivity contribution is -0.126. The number of carbonyl (C=O) groups is 2. The molecule has 2 amide bonds. The number of carbonyl (C=O) groups excluding carboxylic acids is 2. The molecule has 1 aliphatic rings. The number of thioether (sulfide) groups is 1. The largest absolute Gasteiger partial charge is 0.486 e. The average molecular weight is 401 g/mol. The normalized spacial score (nSPS) is 12.2. The molecule has 0 bridgehead atoms. The van der Waals surface area contributed by atoms with Gasteiger partial charge in [-0.25, -0.2) is 0 Å². The van der Waals surface area contributed by atoms with E-state index in [1.165, 1.54) is 11.8 Å². The van der Waals surface area contributed by atoms with Gasteiger partial charge in [0, 0.05) is 10.6 Å². The molecule has 8 heteroatoms. The standard InChI is InChI=1S/C20H23N3O4S/c1-13-3-5-16(14(2)9-13)21-11-19(24)22-23-20(25)12-28-15-4-6-17-18(10-15)27-8-7-26-17/h3-6,9-10,21H,7-8,11-12H2,1-2H3,(H,22,24)(H,23,25). The number of ether oxygens (including phenoxy) is 2. The lowest BCUT2D eigenvalue weighted by Gasteiger charge is -2.18. The van der Waals surface area contributed by atoms with Gasteiger partial charge in [-0.05, 0) is 43.7 Å². The predicted molar refractivity (Wildman–Crippen MR) is 109 cm³/mol. The fraction of sp³-hybridized carbons (Fsp3) is 0.300. The molecule has 148 valence electrons. The maximum atomic E-state index is 12.0. The van der Waals surface area contributed by atoms with E-state index in [1.54, 1.807) is 0 Å². The van der Waals surface area contributed by atoms with Crippen LogP contribution in [0.15, 0.2) is 41.3 Å². The molecule has 28 heavy (non-hydrogen) atoms. The molecule has 0 unspecified atom stereocenters. The van der Waals surface area contributed by atoms with Gasteiger partial charge in [-0.15, -0.1) is 11.8 Å². The molecule has 0 aromatic heterocycles. The van der Waals surface area contributed by atoms with Gasteiger partial charge in [-0.3, -0.25) is 20.4 Å². The first-order valence-corrected chi connectivity index (χ1v) is 9.91. The van der Waals surface area contributed by atoms with E-state index in [-0.39, 0.29) is 24.1 Å². The van der Waals surface area contributed by atoms with Gasteiger partial charge in [0.2, 0.25) is 5.91 Å². The molecule has 0 aliphatic carbocycles. The second kappa shape index (κ2) is 9.36. The first kappa shape index (κ1) is 19.9. The van der Waals surface area contributed by atoms with Crippen LogP contribution < -0.4 is 25.6 Å². The van der Waals surface area contributed by atoms with Gasteiger partial charge in [-0.2, -0.15) is 0 Å². The Kier molecular flexibility index (Phi) is 6.65. The number of benzene rings is 2. The van der Waals surface area contributed by atoms with Crippen molar-refractivity contribution in [1.82, 2.24) is 10.9 Å². The Morgan fingerprint density at radius 1 is 0.964 bits per heavy atom. The molecule has 0 saturated heterocycles. The molecular formula is C20H23N3O4S. The van der Waals surface area contributed by atoms with E-state index in [9.17, 15) is 9.59 Å². The minimum absolute atomic E-state index is 0.0689. The van der Waals surface area contributed by atoms with Crippen LogP contribution in [0.3, 0.4) is 0 Å². The predicted octanol–water partition coefficient (Wildman–Crippen LogP) is 2.43. The van der Waals surface area contributed by atoms with Gasteiger partial charge in [-0.1, -0.05) is 17.7 Å². The highest BCUT2D eigenvalue weighted by atomic mass is 32.2. The number of amides is 2. The summed E-state index contributed by atoms with van der Waals surface area (Å²) < 4.78 is 11.0. The molecular weight excluding hydrogens is 378 g/mol. The Bertz CT molecular complexity index is 873. The molecule has 0 radical (unpaired) electrons. The molecule has 3 N–H and O–H groups in total. The van der Waals surface area contributed by atoms with Crippen LogP contribution in [0, 0.1) is 13.8 Å². The Morgan fingerprint density at radius 2 is 1.71 bits per heavy atom. The van der Waals surface area contributed by atoms with Crippen LogP contribution in [-0.2, 0) is 9.59 Å². The van der Waals surface area contributed by atoms with Crippen molar-refractivity contribution in [2.75, 3.05) is 30.8 Å². The van der Waals surface area contributed by atoms with Crippen molar-refractivity contribution in [3.63, 3.8) is 0 Å². The number of rotatable bonds is 6. The SMILES string of the molecule is Cc1ccc(NCC(=O)NNC(=O)CSc2ccc3c(c2)OCCO3)c(C)c1. The summed E-state index contributed by atoms with van der Waals surface area (Å²) in [7, 11) is 0. The van der Waals surface area contributed by atoms with Crippen LogP contribution in [0.1, 0.15) is 11.1 Å². The van der Waals surface area contributed by atoms with Gasteiger partial charge in [0.05, 0.1) is 12.3 Å². The number of aryl methyl sites for hydroxylation is 2. The third-order valence-corrected chi connectivity index (χ3v) is 5.04. The first-order valence-electron chi connectivity index (χ1n) is 8.92. The summed E-state index contributed by atoms with van der Waals surface area (Å²) in [4.78, 5) is 24.8. The summed E-state index contributed by atoms with van der Waals surface area (Å²) >= 11 is 1.35. The van der Waals surface area contributed by atoms with Gasteiger partial charge in [0.1, 0.15) is 13.2 Å². The van der Waals surface area contributed by atoms with Gasteiger partial charge < -0.3 is 14.8 Å². The minimum Gasteiger partial charge on any atom is -0.486 e. The van der Waals surface area contributed by atoms with E-state index in [1.807, 2.05) is 50.2 Å². The summed E-state index contributed by atoms with van der Waals surface area (Å²) in [6.07, 6.45) is 0. The Hall–Kier alpha value is -2.87. The number of anilines is 1. The van der Waals surface area contributed by atoms with Gasteiger partial charge >= 0.3 is 0 Å². The van der Waals surface area contributed by atoms with E-state index < -0.39 is 0 Å². The Morgan fingerprint density at radius 3 is 2.50 bits per heavy atom. The second-order valence-corrected chi connectivity index (χ2v) is 7.41. The van der Waals surface area contributed by atoms with Crippen molar-refractivity contribution in [1.29, 1.82) is 0 Å². The monoisotopic (exact) mass is 401 g/mol. The summed E-state index contributed by atoms with van der Waals surface area (Å²) in [5, 5.41) is 3.06. The number of hydrogen-bond donors (Lipinski definition) is 3. The Labute approximate surface area is 168 Å². The smallest absolute Gasteiger partial charge is 0.257 e. The highest BCUT2D eigenvalue weighted by Crippen LogP contribution is 2.34. The van der Waals surface area contributed by atoms with Crippen LogP contribution >= 0.6 is 11.8 Å². The lowest BCUT2D eigenvalue weighted by Crippen LogP contribution is -2.44. The lowest BCUT2D eigenvalue weighted by atomic mass is 10.1.